The van der Waals surface area contributed by atoms with Crippen LogP contribution in [0.3, 0.4) is 0 Å². The monoisotopic (exact) mass is 961 g/mol. The number of benzene rings is 7. The molecule has 0 unspecified atom stereocenters. The lowest BCUT2D eigenvalue weighted by Gasteiger charge is -2.48. The van der Waals surface area contributed by atoms with Gasteiger partial charge in [0.1, 0.15) is 0 Å². The standard InChI is InChI=1S/C70H81BN2/c1-18-20-31-67(10,11)55-40-51-52-37-47(62-44(5)34-42(3)35-45(62)6)39-61-64(52)71(73(60(51)38-46(55)19-2)49-27-25-48(26-28-49)66(7,8)9)58-30-29-54-63(50-23-21-22-24-53(50)70(54,16)17)65(58)72(61)59-41-57-56(36-43(59)4)68(12,13)32-33-69(57,14)15/h21-30,34-41H,18-20,31-33H2,1-17H3. The molecule has 374 valence electrons. The Balaban J connectivity index is 1.34. The van der Waals surface area contributed by atoms with Crippen molar-refractivity contribution in [2.45, 2.75) is 183 Å². The first-order valence-electron chi connectivity index (χ1n) is 28.0. The predicted molar refractivity (Wildman–Crippen MR) is 318 cm³/mol. The number of nitrogens with zero attached hydrogens (tertiary/aromatic N) is 2. The van der Waals surface area contributed by atoms with Crippen molar-refractivity contribution in [1.29, 1.82) is 0 Å². The number of aryl methyl sites for hydroxylation is 5. The van der Waals surface area contributed by atoms with Crippen LogP contribution < -0.4 is 20.6 Å². The van der Waals surface area contributed by atoms with E-state index in [4.69, 9.17) is 0 Å². The molecule has 2 nitrogen and oxygen atoms in total. The summed E-state index contributed by atoms with van der Waals surface area (Å²) in [6, 6.07) is 44.6. The molecule has 4 aliphatic rings. The number of rotatable bonds is 8. The van der Waals surface area contributed by atoms with Gasteiger partial charge in [-0.1, -0.05) is 175 Å². The lowest BCUT2D eigenvalue weighted by atomic mass is 9.43. The van der Waals surface area contributed by atoms with Crippen molar-refractivity contribution in [2.24, 2.45) is 0 Å². The van der Waals surface area contributed by atoms with E-state index in [-0.39, 0.29) is 33.9 Å². The highest BCUT2D eigenvalue weighted by molar-refractivity contribution is 6.93. The molecule has 2 heterocycles. The van der Waals surface area contributed by atoms with Crippen LogP contribution in [0.25, 0.3) is 33.4 Å². The largest absolute Gasteiger partial charge is 0.376 e. The summed E-state index contributed by atoms with van der Waals surface area (Å²) in [5, 5.41) is 0. The first-order valence-corrected chi connectivity index (χ1v) is 28.0. The van der Waals surface area contributed by atoms with Gasteiger partial charge in [0.05, 0.1) is 5.69 Å². The van der Waals surface area contributed by atoms with Gasteiger partial charge in [0.15, 0.2) is 0 Å². The van der Waals surface area contributed by atoms with E-state index in [1.54, 1.807) is 0 Å². The summed E-state index contributed by atoms with van der Waals surface area (Å²) in [6.45, 7) is 40.8. The van der Waals surface area contributed by atoms with Gasteiger partial charge < -0.3 is 9.71 Å². The van der Waals surface area contributed by atoms with Gasteiger partial charge in [-0.15, -0.1) is 0 Å². The van der Waals surface area contributed by atoms with Gasteiger partial charge in [-0.3, -0.25) is 0 Å². The van der Waals surface area contributed by atoms with Crippen molar-refractivity contribution in [3.63, 3.8) is 0 Å². The third-order valence-corrected chi connectivity index (χ3v) is 18.6. The SMILES string of the molecule is CCCCC(C)(C)c1cc2c(cc1CC)N(c1ccc(C(C)(C)C)cc1)B1c3ccc4c(c3N(c3cc5c(cc3C)C(C)(C)CCC5(C)C)c3cc(-c5c(C)cc(C)cc5C)cc-2c31)-c1ccccc1C4(C)C. The highest BCUT2D eigenvalue weighted by Crippen LogP contribution is 2.58. The molecule has 0 aromatic heterocycles. The lowest BCUT2D eigenvalue weighted by Crippen LogP contribution is -2.62. The fourth-order valence-corrected chi connectivity index (χ4v) is 14.4. The fraction of sp³-hybridized carbons (Fsp3) is 0.400. The molecule has 0 saturated carbocycles. The van der Waals surface area contributed by atoms with E-state index < -0.39 is 0 Å². The zero-order valence-corrected chi connectivity index (χ0v) is 47.6. The fourth-order valence-electron chi connectivity index (χ4n) is 14.4. The second-order valence-electron chi connectivity index (χ2n) is 26.6. The summed E-state index contributed by atoms with van der Waals surface area (Å²) in [5.74, 6) is 0. The van der Waals surface area contributed by atoms with Crippen molar-refractivity contribution in [1.82, 2.24) is 0 Å². The molecule has 7 aromatic rings. The van der Waals surface area contributed by atoms with Crippen LogP contribution in [0.2, 0.25) is 0 Å². The van der Waals surface area contributed by atoms with E-state index in [2.05, 4.69) is 237 Å². The normalized spacial score (nSPS) is 16.6. The van der Waals surface area contributed by atoms with Gasteiger partial charge >= 0.3 is 6.85 Å². The number of anilines is 5. The minimum Gasteiger partial charge on any atom is -0.376 e. The van der Waals surface area contributed by atoms with Gasteiger partial charge in [0.25, 0.3) is 0 Å². The molecule has 3 heteroatoms. The van der Waals surface area contributed by atoms with Crippen LogP contribution in [0.1, 0.15) is 183 Å². The molecule has 7 aromatic carbocycles. The molecule has 2 aliphatic heterocycles. The highest BCUT2D eigenvalue weighted by Gasteiger charge is 2.50. The van der Waals surface area contributed by atoms with Crippen molar-refractivity contribution in [3.8, 4) is 33.4 Å². The maximum Gasteiger partial charge on any atom is 0.333 e. The summed E-state index contributed by atoms with van der Waals surface area (Å²) in [7, 11) is 0. The molecule has 73 heavy (non-hydrogen) atoms. The average molecular weight is 961 g/mol. The molecule has 0 N–H and O–H groups in total. The van der Waals surface area contributed by atoms with E-state index in [0.717, 1.165) is 12.8 Å². The molecule has 0 fully saturated rings. The van der Waals surface area contributed by atoms with Crippen LogP contribution in [0.4, 0.5) is 28.4 Å². The summed E-state index contributed by atoms with van der Waals surface area (Å²) in [6.07, 6.45) is 6.89. The van der Waals surface area contributed by atoms with Gasteiger partial charge in [-0.05, 0) is 206 Å². The Labute approximate surface area is 440 Å². The molecule has 0 saturated heterocycles. The number of hydrogen-bond acceptors (Lipinski definition) is 2. The molecule has 2 aliphatic carbocycles. The van der Waals surface area contributed by atoms with Gasteiger partial charge in [-0.2, -0.15) is 0 Å². The van der Waals surface area contributed by atoms with E-state index in [9.17, 15) is 0 Å². The molecule has 0 spiro atoms. The van der Waals surface area contributed by atoms with Gasteiger partial charge in [-0.25, -0.2) is 0 Å². The van der Waals surface area contributed by atoms with Crippen molar-refractivity contribution >= 4 is 46.2 Å². The minimum atomic E-state index is -0.175. The van der Waals surface area contributed by atoms with E-state index in [1.165, 1.54) is 160 Å². The first-order chi connectivity index (χ1) is 34.4. The van der Waals surface area contributed by atoms with Crippen LogP contribution in [-0.2, 0) is 33.5 Å². The van der Waals surface area contributed by atoms with Crippen LogP contribution in [0, 0.1) is 27.7 Å². The molecular weight excluding hydrogens is 880 g/mol. The third-order valence-electron chi connectivity index (χ3n) is 18.6. The Morgan fingerprint density at radius 2 is 1.23 bits per heavy atom. The Bertz CT molecular complexity index is 3380. The maximum absolute atomic E-state index is 2.80. The topological polar surface area (TPSA) is 6.48 Å². The molecule has 0 amide bonds. The second kappa shape index (κ2) is 16.9. The Kier molecular flexibility index (Phi) is 11.4. The first kappa shape index (κ1) is 49.4. The van der Waals surface area contributed by atoms with Crippen molar-refractivity contribution in [2.75, 3.05) is 9.71 Å². The molecule has 11 rings (SSSR count). The van der Waals surface area contributed by atoms with Crippen molar-refractivity contribution < 1.29 is 0 Å². The number of fused-ring (bicyclic) bond motifs is 9. The van der Waals surface area contributed by atoms with Crippen LogP contribution in [0.15, 0.2) is 109 Å². The summed E-state index contributed by atoms with van der Waals surface area (Å²) >= 11 is 0. The molecule has 0 radical (unpaired) electrons. The quantitative estimate of drug-likeness (QED) is 0.140. The molecule has 0 bridgehead atoms. The number of hydrogen-bond donors (Lipinski definition) is 0. The Morgan fingerprint density at radius 1 is 0.575 bits per heavy atom. The lowest BCUT2D eigenvalue weighted by molar-refractivity contribution is 0.332. The average Bonchev–Trinajstić information content (AvgIpc) is 3.57. The van der Waals surface area contributed by atoms with Crippen LogP contribution in [0.5, 0.6) is 0 Å². The minimum absolute atomic E-state index is 0.00836. The zero-order chi connectivity index (χ0) is 52.1. The van der Waals surface area contributed by atoms with Gasteiger partial charge in [0, 0.05) is 39.3 Å². The van der Waals surface area contributed by atoms with E-state index in [0.29, 0.717) is 0 Å². The predicted octanol–water partition coefficient (Wildman–Crippen LogP) is 18.3. The summed E-state index contributed by atoms with van der Waals surface area (Å²) in [5.41, 5.74) is 32.7. The van der Waals surface area contributed by atoms with Gasteiger partial charge in [0.2, 0.25) is 0 Å². The zero-order valence-electron chi connectivity index (χ0n) is 47.6. The Morgan fingerprint density at radius 3 is 1.88 bits per heavy atom. The van der Waals surface area contributed by atoms with E-state index in [1.807, 2.05) is 0 Å². The van der Waals surface area contributed by atoms with Crippen LogP contribution in [-0.4, -0.2) is 6.85 Å². The maximum atomic E-state index is 2.80. The second-order valence-corrected chi connectivity index (χ2v) is 26.6. The summed E-state index contributed by atoms with van der Waals surface area (Å²) in [4.78, 5) is 5.58. The summed E-state index contributed by atoms with van der Waals surface area (Å²) < 4.78 is 0. The molecular formula is C70H81BN2. The third kappa shape index (κ3) is 7.54. The smallest absolute Gasteiger partial charge is 0.333 e. The van der Waals surface area contributed by atoms with Crippen molar-refractivity contribution in [3.05, 3.63) is 170 Å². The highest BCUT2D eigenvalue weighted by atomic mass is 15.2. The Hall–Kier alpha value is -5.80. The number of unbranched alkanes of at least 4 members (excludes halogenated alkanes) is 1. The van der Waals surface area contributed by atoms with Crippen LogP contribution >= 0.6 is 0 Å². The molecule has 0 atom stereocenters. The van der Waals surface area contributed by atoms with E-state index >= 15 is 0 Å².